The highest BCUT2D eigenvalue weighted by molar-refractivity contribution is 5.20. The maximum Gasteiger partial charge on any atom is 0.129 e. The molecule has 1 atom stereocenters. The highest BCUT2D eigenvalue weighted by Gasteiger charge is 2.23. The van der Waals surface area contributed by atoms with Gasteiger partial charge >= 0.3 is 0 Å². The Hall–Kier alpha value is -0.960. The van der Waals surface area contributed by atoms with Crippen molar-refractivity contribution in [2.45, 2.75) is 44.6 Å². The first-order chi connectivity index (χ1) is 8.18. The van der Waals surface area contributed by atoms with E-state index in [0.717, 1.165) is 25.7 Å². The lowest BCUT2D eigenvalue weighted by molar-refractivity contribution is 0.0835. The molecule has 1 fully saturated rings. The summed E-state index contributed by atoms with van der Waals surface area (Å²) in [5.41, 5.74) is 0.0190. The number of hydrogen-bond donors (Lipinski definition) is 1. The summed E-state index contributed by atoms with van der Waals surface area (Å²) in [7, 11) is 0. The average Bonchev–Trinajstić information content (AvgIpc) is 2.35. The summed E-state index contributed by atoms with van der Waals surface area (Å²) in [6.07, 6.45) is 4.83. The molecule has 3 heteroatoms. The normalized spacial score (nSPS) is 19.2. The van der Waals surface area contributed by atoms with E-state index < -0.39 is 17.7 Å². The van der Waals surface area contributed by atoms with Crippen molar-refractivity contribution in [2.75, 3.05) is 0 Å². The van der Waals surface area contributed by atoms with E-state index in [2.05, 4.69) is 0 Å². The fourth-order valence-corrected chi connectivity index (χ4v) is 2.62. The molecule has 1 aliphatic carbocycles. The van der Waals surface area contributed by atoms with Crippen LogP contribution in [-0.2, 0) is 6.42 Å². The summed E-state index contributed by atoms with van der Waals surface area (Å²) in [6.45, 7) is 0. The Morgan fingerprint density at radius 1 is 1.12 bits per heavy atom. The zero-order chi connectivity index (χ0) is 12.3. The topological polar surface area (TPSA) is 20.2 Å². The predicted molar refractivity (Wildman–Crippen MR) is 62.6 cm³/mol. The summed E-state index contributed by atoms with van der Waals surface area (Å²) in [6, 6.07) is 3.83. The van der Waals surface area contributed by atoms with Crippen LogP contribution in [0.25, 0.3) is 0 Å². The predicted octanol–water partition coefficient (Wildman–Crippen LogP) is 3.45. The second-order valence-electron chi connectivity index (χ2n) is 4.87. The van der Waals surface area contributed by atoms with Crippen LogP contribution in [0.3, 0.4) is 0 Å². The minimum absolute atomic E-state index is 0.0190. The molecule has 0 aliphatic heterocycles. The van der Waals surface area contributed by atoms with Gasteiger partial charge in [-0.15, -0.1) is 0 Å². The molecule has 1 aromatic carbocycles. The van der Waals surface area contributed by atoms with E-state index in [-0.39, 0.29) is 17.9 Å². The van der Waals surface area contributed by atoms with E-state index in [0.29, 0.717) is 0 Å². The van der Waals surface area contributed by atoms with Gasteiger partial charge in [0.25, 0.3) is 0 Å². The van der Waals surface area contributed by atoms with Crippen molar-refractivity contribution in [1.82, 2.24) is 0 Å². The minimum atomic E-state index is -0.623. The lowest BCUT2D eigenvalue weighted by atomic mass is 9.83. The maximum absolute atomic E-state index is 13.4. The van der Waals surface area contributed by atoms with E-state index in [9.17, 15) is 13.9 Å². The van der Waals surface area contributed by atoms with E-state index in [1.54, 1.807) is 0 Å². The quantitative estimate of drug-likeness (QED) is 0.858. The number of aliphatic hydroxyl groups excluding tert-OH is 1. The van der Waals surface area contributed by atoms with Crippen LogP contribution in [0, 0.1) is 17.6 Å². The molecule has 0 bridgehead atoms. The maximum atomic E-state index is 13.4. The second-order valence-corrected chi connectivity index (χ2v) is 4.87. The van der Waals surface area contributed by atoms with E-state index in [1.807, 2.05) is 0 Å². The molecule has 0 aromatic heterocycles. The zero-order valence-corrected chi connectivity index (χ0v) is 9.83. The van der Waals surface area contributed by atoms with Crippen LogP contribution in [0.1, 0.15) is 37.7 Å². The molecule has 2 rings (SSSR count). The van der Waals surface area contributed by atoms with E-state index >= 15 is 0 Å². The largest absolute Gasteiger partial charge is 0.392 e. The van der Waals surface area contributed by atoms with Crippen LogP contribution in [0.4, 0.5) is 8.78 Å². The minimum Gasteiger partial charge on any atom is -0.392 e. The van der Waals surface area contributed by atoms with Gasteiger partial charge in [0.2, 0.25) is 0 Å². The lowest BCUT2D eigenvalue weighted by Gasteiger charge is -2.26. The highest BCUT2D eigenvalue weighted by atomic mass is 19.1. The molecule has 1 aliphatic rings. The summed E-state index contributed by atoms with van der Waals surface area (Å²) in [5.74, 6) is -0.914. The SMILES string of the molecule is OC(Cc1c(F)cccc1F)C1CCCCC1. The van der Waals surface area contributed by atoms with Gasteiger partial charge < -0.3 is 5.11 Å². The first-order valence-electron chi connectivity index (χ1n) is 6.29. The van der Waals surface area contributed by atoms with Gasteiger partial charge in [0.1, 0.15) is 11.6 Å². The second kappa shape index (κ2) is 5.58. The lowest BCUT2D eigenvalue weighted by Crippen LogP contribution is -2.25. The zero-order valence-electron chi connectivity index (χ0n) is 9.83. The molecule has 0 amide bonds. The third-order valence-electron chi connectivity index (χ3n) is 3.67. The third kappa shape index (κ3) is 3.03. The molecule has 0 saturated heterocycles. The Bertz CT molecular complexity index is 352. The van der Waals surface area contributed by atoms with Gasteiger partial charge in [-0.05, 0) is 30.9 Å². The van der Waals surface area contributed by atoms with Crippen molar-refractivity contribution in [1.29, 1.82) is 0 Å². The number of aliphatic hydroxyl groups is 1. The number of halogens is 2. The van der Waals surface area contributed by atoms with Gasteiger partial charge in [0.05, 0.1) is 6.10 Å². The molecule has 17 heavy (non-hydrogen) atoms. The van der Waals surface area contributed by atoms with Crippen LogP contribution in [-0.4, -0.2) is 11.2 Å². The van der Waals surface area contributed by atoms with Crippen LogP contribution < -0.4 is 0 Å². The Morgan fingerprint density at radius 3 is 2.29 bits per heavy atom. The Kier molecular flexibility index (Phi) is 4.11. The van der Waals surface area contributed by atoms with Crippen molar-refractivity contribution in [3.05, 3.63) is 35.4 Å². The summed E-state index contributed by atoms with van der Waals surface area (Å²) in [5, 5.41) is 10.0. The van der Waals surface area contributed by atoms with Crippen molar-refractivity contribution >= 4 is 0 Å². The molecule has 1 N–H and O–H groups in total. The van der Waals surface area contributed by atoms with Crippen LogP contribution in [0.5, 0.6) is 0 Å². The monoisotopic (exact) mass is 240 g/mol. The smallest absolute Gasteiger partial charge is 0.129 e. The summed E-state index contributed by atoms with van der Waals surface area (Å²) >= 11 is 0. The number of benzene rings is 1. The molecule has 0 radical (unpaired) electrons. The van der Waals surface area contributed by atoms with Gasteiger partial charge in [-0.3, -0.25) is 0 Å². The average molecular weight is 240 g/mol. The molecular weight excluding hydrogens is 222 g/mol. The first kappa shape index (κ1) is 12.5. The van der Waals surface area contributed by atoms with Crippen molar-refractivity contribution in [3.8, 4) is 0 Å². The molecule has 1 unspecified atom stereocenters. The molecular formula is C14H18F2O. The molecule has 1 saturated carbocycles. The fourth-order valence-electron chi connectivity index (χ4n) is 2.62. The van der Waals surface area contributed by atoms with Gasteiger partial charge in [-0.25, -0.2) is 8.78 Å². The molecule has 0 heterocycles. The molecule has 1 aromatic rings. The summed E-state index contributed by atoms with van der Waals surface area (Å²) < 4.78 is 26.9. The Labute approximate surface area is 100 Å². The van der Waals surface area contributed by atoms with Gasteiger partial charge in [0.15, 0.2) is 0 Å². The number of rotatable bonds is 3. The molecule has 1 nitrogen and oxygen atoms in total. The van der Waals surface area contributed by atoms with Crippen LogP contribution >= 0.6 is 0 Å². The van der Waals surface area contributed by atoms with Gasteiger partial charge in [-0.2, -0.15) is 0 Å². The van der Waals surface area contributed by atoms with Crippen LogP contribution in [0.15, 0.2) is 18.2 Å². The highest BCUT2D eigenvalue weighted by Crippen LogP contribution is 2.28. The number of hydrogen-bond acceptors (Lipinski definition) is 1. The van der Waals surface area contributed by atoms with Gasteiger partial charge in [0, 0.05) is 12.0 Å². The van der Waals surface area contributed by atoms with Crippen LogP contribution in [0.2, 0.25) is 0 Å². The van der Waals surface area contributed by atoms with Crippen molar-refractivity contribution < 1.29 is 13.9 Å². The van der Waals surface area contributed by atoms with E-state index in [4.69, 9.17) is 0 Å². The Balaban J connectivity index is 2.04. The molecule has 0 spiro atoms. The Morgan fingerprint density at radius 2 is 1.71 bits per heavy atom. The van der Waals surface area contributed by atoms with Crippen molar-refractivity contribution in [2.24, 2.45) is 5.92 Å². The first-order valence-corrected chi connectivity index (χ1v) is 6.29. The molecule has 94 valence electrons. The van der Waals surface area contributed by atoms with E-state index in [1.165, 1.54) is 24.6 Å². The summed E-state index contributed by atoms with van der Waals surface area (Å²) in [4.78, 5) is 0. The standard InChI is InChI=1S/C14H18F2O/c15-12-7-4-8-13(16)11(12)9-14(17)10-5-2-1-3-6-10/h4,7-8,10,14,17H,1-3,5-6,9H2. The third-order valence-corrected chi connectivity index (χ3v) is 3.67. The van der Waals surface area contributed by atoms with Crippen molar-refractivity contribution in [3.63, 3.8) is 0 Å². The fraction of sp³-hybridized carbons (Fsp3) is 0.571. The van der Waals surface area contributed by atoms with Gasteiger partial charge in [-0.1, -0.05) is 25.3 Å².